The van der Waals surface area contributed by atoms with E-state index < -0.39 is 0 Å². The summed E-state index contributed by atoms with van der Waals surface area (Å²) < 4.78 is 5.10. The van der Waals surface area contributed by atoms with Gasteiger partial charge in [0.25, 0.3) is 0 Å². The average Bonchev–Trinajstić information content (AvgIpc) is 2.46. The molecule has 0 N–H and O–H groups in total. The number of methoxy groups -OCH3 is 1. The van der Waals surface area contributed by atoms with E-state index in [1.807, 2.05) is 24.3 Å². The van der Waals surface area contributed by atoms with Gasteiger partial charge in [0.05, 0.1) is 7.11 Å². The zero-order valence-corrected chi connectivity index (χ0v) is 11.6. The fourth-order valence-electron chi connectivity index (χ4n) is 2.56. The molecular weight excluding hydrogens is 248 g/mol. The van der Waals surface area contributed by atoms with Crippen molar-refractivity contribution in [1.29, 1.82) is 0 Å². The van der Waals surface area contributed by atoms with Crippen molar-refractivity contribution in [2.45, 2.75) is 25.2 Å². The van der Waals surface area contributed by atoms with Crippen molar-refractivity contribution in [3.63, 3.8) is 0 Å². The number of benzene rings is 2. The van der Waals surface area contributed by atoms with Gasteiger partial charge in [-0.1, -0.05) is 30.7 Å². The molecule has 1 saturated carbocycles. The van der Waals surface area contributed by atoms with Crippen molar-refractivity contribution < 1.29 is 9.53 Å². The fraction of sp³-hybridized carbons (Fsp3) is 0.278. The van der Waals surface area contributed by atoms with Crippen LogP contribution in [0, 0.1) is 0 Å². The van der Waals surface area contributed by atoms with E-state index in [4.69, 9.17) is 4.74 Å². The van der Waals surface area contributed by atoms with Gasteiger partial charge in [-0.2, -0.15) is 0 Å². The molecule has 1 aliphatic carbocycles. The number of carbonyl (C=O) groups excluding carboxylic acids is 1. The second kappa shape index (κ2) is 5.49. The third-order valence-electron chi connectivity index (χ3n) is 4.10. The Hall–Kier alpha value is -2.09. The highest BCUT2D eigenvalue weighted by molar-refractivity contribution is 6.09. The summed E-state index contributed by atoms with van der Waals surface area (Å²) in [6.07, 6.45) is 3.90. The van der Waals surface area contributed by atoms with Gasteiger partial charge >= 0.3 is 0 Å². The Labute approximate surface area is 119 Å². The van der Waals surface area contributed by atoms with Gasteiger partial charge in [-0.25, -0.2) is 0 Å². The summed E-state index contributed by atoms with van der Waals surface area (Å²) in [6, 6.07) is 15.3. The van der Waals surface area contributed by atoms with Crippen LogP contribution in [-0.4, -0.2) is 12.9 Å². The van der Waals surface area contributed by atoms with Crippen molar-refractivity contribution in [3.8, 4) is 5.75 Å². The SMILES string of the molecule is COc1ccc(C(=O)c2ccc(C3CCC3)cc2)cc1. The molecule has 20 heavy (non-hydrogen) atoms. The van der Waals surface area contributed by atoms with Crippen LogP contribution in [0.2, 0.25) is 0 Å². The van der Waals surface area contributed by atoms with Gasteiger partial charge in [0.15, 0.2) is 5.78 Å². The molecule has 0 unspecified atom stereocenters. The van der Waals surface area contributed by atoms with Crippen LogP contribution in [0.15, 0.2) is 48.5 Å². The van der Waals surface area contributed by atoms with Crippen molar-refractivity contribution >= 4 is 5.78 Å². The number of hydrogen-bond acceptors (Lipinski definition) is 2. The molecule has 0 bridgehead atoms. The van der Waals surface area contributed by atoms with Gasteiger partial charge in [-0.05, 0) is 48.6 Å². The molecule has 0 amide bonds. The van der Waals surface area contributed by atoms with Crippen molar-refractivity contribution in [1.82, 2.24) is 0 Å². The number of carbonyl (C=O) groups is 1. The molecule has 0 radical (unpaired) electrons. The quantitative estimate of drug-likeness (QED) is 0.775. The Bertz CT molecular complexity index is 592. The number of ketones is 1. The predicted octanol–water partition coefficient (Wildman–Crippen LogP) is 4.19. The molecule has 2 aromatic rings. The first kappa shape index (κ1) is 12.9. The van der Waals surface area contributed by atoms with Gasteiger partial charge in [-0.15, -0.1) is 0 Å². The maximum atomic E-state index is 12.4. The Balaban J connectivity index is 1.78. The molecule has 0 saturated heterocycles. The molecule has 0 atom stereocenters. The Morgan fingerprint density at radius 3 is 1.95 bits per heavy atom. The summed E-state index contributed by atoms with van der Waals surface area (Å²) in [7, 11) is 1.62. The predicted molar refractivity (Wildman–Crippen MR) is 79.5 cm³/mol. The lowest BCUT2D eigenvalue weighted by molar-refractivity contribution is 0.103. The minimum atomic E-state index is 0.0628. The Morgan fingerprint density at radius 2 is 1.50 bits per heavy atom. The van der Waals surface area contributed by atoms with Crippen LogP contribution in [0.5, 0.6) is 5.75 Å². The molecule has 3 rings (SSSR count). The average molecular weight is 266 g/mol. The van der Waals surface area contributed by atoms with Crippen molar-refractivity contribution in [2.75, 3.05) is 7.11 Å². The van der Waals surface area contributed by atoms with Crippen LogP contribution in [0.1, 0.15) is 46.7 Å². The van der Waals surface area contributed by atoms with E-state index in [9.17, 15) is 4.79 Å². The Morgan fingerprint density at radius 1 is 0.950 bits per heavy atom. The maximum absolute atomic E-state index is 12.4. The monoisotopic (exact) mass is 266 g/mol. The van der Waals surface area contributed by atoms with E-state index >= 15 is 0 Å². The van der Waals surface area contributed by atoms with Crippen LogP contribution in [0.4, 0.5) is 0 Å². The van der Waals surface area contributed by atoms with Crippen LogP contribution >= 0.6 is 0 Å². The summed E-state index contributed by atoms with van der Waals surface area (Å²) in [6.45, 7) is 0. The molecule has 2 aromatic carbocycles. The molecule has 0 spiro atoms. The van der Waals surface area contributed by atoms with Crippen molar-refractivity contribution in [3.05, 3.63) is 65.2 Å². The highest BCUT2D eigenvalue weighted by Gasteiger charge is 2.19. The molecule has 1 aliphatic rings. The first-order chi connectivity index (χ1) is 9.78. The minimum absolute atomic E-state index is 0.0628. The number of ether oxygens (including phenoxy) is 1. The first-order valence-corrected chi connectivity index (χ1v) is 7.06. The molecule has 0 aromatic heterocycles. The van der Waals surface area contributed by atoms with Crippen LogP contribution < -0.4 is 4.74 Å². The third-order valence-corrected chi connectivity index (χ3v) is 4.10. The molecule has 1 fully saturated rings. The smallest absolute Gasteiger partial charge is 0.193 e. The standard InChI is InChI=1S/C18H18O2/c1-20-17-11-9-16(10-12-17)18(19)15-7-5-14(6-8-15)13-3-2-4-13/h5-13H,2-4H2,1H3. The zero-order chi connectivity index (χ0) is 13.9. The topological polar surface area (TPSA) is 26.3 Å². The van der Waals surface area contributed by atoms with Gasteiger partial charge in [0.1, 0.15) is 5.75 Å². The molecular formula is C18H18O2. The summed E-state index contributed by atoms with van der Waals surface area (Å²) in [5.74, 6) is 1.54. The van der Waals surface area contributed by atoms with Gasteiger partial charge in [-0.3, -0.25) is 4.79 Å². The number of rotatable bonds is 4. The highest BCUT2D eigenvalue weighted by atomic mass is 16.5. The van der Waals surface area contributed by atoms with E-state index in [0.717, 1.165) is 11.3 Å². The molecule has 2 heteroatoms. The lowest BCUT2D eigenvalue weighted by Crippen LogP contribution is -2.09. The molecule has 102 valence electrons. The van der Waals surface area contributed by atoms with E-state index in [1.54, 1.807) is 19.2 Å². The first-order valence-electron chi connectivity index (χ1n) is 7.06. The normalized spacial score (nSPS) is 14.7. The van der Waals surface area contributed by atoms with Crippen LogP contribution in [-0.2, 0) is 0 Å². The van der Waals surface area contributed by atoms with Gasteiger partial charge in [0, 0.05) is 11.1 Å². The summed E-state index contributed by atoms with van der Waals surface area (Å²) in [5, 5.41) is 0. The number of hydrogen-bond donors (Lipinski definition) is 0. The van der Waals surface area contributed by atoms with E-state index in [2.05, 4.69) is 12.1 Å². The van der Waals surface area contributed by atoms with E-state index in [0.29, 0.717) is 11.5 Å². The molecule has 2 nitrogen and oxygen atoms in total. The lowest BCUT2D eigenvalue weighted by Gasteiger charge is -2.25. The third kappa shape index (κ3) is 2.46. The second-order valence-corrected chi connectivity index (χ2v) is 5.31. The van der Waals surface area contributed by atoms with Crippen molar-refractivity contribution in [2.24, 2.45) is 0 Å². The lowest BCUT2D eigenvalue weighted by atomic mass is 9.80. The largest absolute Gasteiger partial charge is 0.497 e. The van der Waals surface area contributed by atoms with E-state index in [1.165, 1.54) is 24.8 Å². The van der Waals surface area contributed by atoms with Gasteiger partial charge < -0.3 is 4.74 Å². The van der Waals surface area contributed by atoms with Crippen LogP contribution in [0.25, 0.3) is 0 Å². The summed E-state index contributed by atoms with van der Waals surface area (Å²) in [4.78, 5) is 12.4. The van der Waals surface area contributed by atoms with Crippen LogP contribution in [0.3, 0.4) is 0 Å². The zero-order valence-electron chi connectivity index (χ0n) is 11.6. The summed E-state index contributed by atoms with van der Waals surface area (Å²) >= 11 is 0. The minimum Gasteiger partial charge on any atom is -0.497 e. The molecule has 0 aliphatic heterocycles. The van der Waals surface area contributed by atoms with Gasteiger partial charge in [0.2, 0.25) is 0 Å². The highest BCUT2D eigenvalue weighted by Crippen LogP contribution is 2.36. The Kier molecular flexibility index (Phi) is 3.55. The molecule has 0 heterocycles. The summed E-state index contributed by atoms with van der Waals surface area (Å²) in [5.41, 5.74) is 2.81. The van der Waals surface area contributed by atoms with E-state index in [-0.39, 0.29) is 5.78 Å². The maximum Gasteiger partial charge on any atom is 0.193 e. The fourth-order valence-corrected chi connectivity index (χ4v) is 2.56. The second-order valence-electron chi connectivity index (χ2n) is 5.31.